The van der Waals surface area contributed by atoms with Crippen LogP contribution in [0, 0.1) is 12.8 Å². The molecule has 1 aromatic heterocycles. The molecular weight excluding hydrogens is 334 g/mol. The van der Waals surface area contributed by atoms with Crippen LogP contribution in [0.5, 0.6) is 0 Å². The minimum atomic E-state index is -3.88. The highest BCUT2D eigenvalue weighted by molar-refractivity contribution is 7.89. The summed E-state index contributed by atoms with van der Waals surface area (Å²) in [5, 5.41) is 10.9. The summed E-state index contributed by atoms with van der Waals surface area (Å²) in [5.74, 6) is -0.885. The van der Waals surface area contributed by atoms with Crippen molar-refractivity contribution < 1.29 is 17.9 Å². The fourth-order valence-electron chi connectivity index (χ4n) is 2.14. The van der Waals surface area contributed by atoms with E-state index in [-0.39, 0.29) is 10.8 Å². The van der Waals surface area contributed by atoms with Crippen LogP contribution in [-0.2, 0) is 19.6 Å². The van der Waals surface area contributed by atoms with Gasteiger partial charge < -0.3 is 4.74 Å². The number of sulfonamides is 1. The molecule has 0 spiro atoms. The fourth-order valence-corrected chi connectivity index (χ4v) is 3.56. The molecule has 24 heavy (non-hydrogen) atoms. The molecule has 0 aliphatic carbocycles. The Morgan fingerprint density at radius 2 is 2.04 bits per heavy atom. The minimum Gasteiger partial charge on any atom is -0.468 e. The quantitative estimate of drug-likeness (QED) is 0.749. The standard InChI is InChI=1S/C14H19N5O4S/c1-9(2)13(14(20)23-4)16-24(21,22)11-5-6-12(10(3)7-11)19-8-15-17-18-19/h5-9,13,16H,1-4H3/t13-/m0/s1. The fraction of sp³-hybridized carbons (Fsp3) is 0.429. The first-order valence-corrected chi connectivity index (χ1v) is 8.68. The molecule has 0 radical (unpaired) electrons. The number of tetrazole rings is 1. The number of rotatable bonds is 6. The number of nitrogens with zero attached hydrogens (tertiary/aromatic N) is 4. The summed E-state index contributed by atoms with van der Waals surface area (Å²) in [6, 6.07) is 3.57. The van der Waals surface area contributed by atoms with Crippen LogP contribution in [0.15, 0.2) is 29.4 Å². The van der Waals surface area contributed by atoms with Gasteiger partial charge in [-0.1, -0.05) is 13.8 Å². The normalized spacial score (nSPS) is 13.0. The number of carbonyl (C=O) groups excluding carboxylic acids is 1. The van der Waals surface area contributed by atoms with Gasteiger partial charge >= 0.3 is 5.97 Å². The Bertz CT molecular complexity index is 818. The van der Waals surface area contributed by atoms with E-state index in [4.69, 9.17) is 0 Å². The van der Waals surface area contributed by atoms with Crippen LogP contribution in [0.2, 0.25) is 0 Å². The third-order valence-corrected chi connectivity index (χ3v) is 4.92. The topological polar surface area (TPSA) is 116 Å². The summed E-state index contributed by atoms with van der Waals surface area (Å²) in [7, 11) is -2.66. The van der Waals surface area contributed by atoms with Crippen molar-refractivity contribution in [1.29, 1.82) is 0 Å². The Hall–Kier alpha value is -2.33. The Labute approximate surface area is 140 Å². The van der Waals surface area contributed by atoms with E-state index in [9.17, 15) is 13.2 Å². The number of carbonyl (C=O) groups is 1. The van der Waals surface area contributed by atoms with Crippen LogP contribution in [0.3, 0.4) is 0 Å². The van der Waals surface area contributed by atoms with E-state index >= 15 is 0 Å². The molecule has 0 fully saturated rings. The molecule has 1 heterocycles. The van der Waals surface area contributed by atoms with Gasteiger partial charge in [-0.2, -0.15) is 4.72 Å². The Morgan fingerprint density at radius 1 is 1.33 bits per heavy atom. The van der Waals surface area contributed by atoms with Gasteiger partial charge in [0.25, 0.3) is 0 Å². The first kappa shape index (κ1) is 18.0. The predicted molar refractivity (Wildman–Crippen MR) is 84.9 cm³/mol. The highest BCUT2D eigenvalue weighted by Gasteiger charge is 2.29. The van der Waals surface area contributed by atoms with Gasteiger partial charge in [0.05, 0.1) is 17.7 Å². The average Bonchev–Trinajstić information content (AvgIpc) is 3.05. The minimum absolute atomic E-state index is 0.0476. The lowest BCUT2D eigenvalue weighted by Crippen LogP contribution is -2.44. The molecule has 9 nitrogen and oxygen atoms in total. The van der Waals surface area contributed by atoms with Crippen LogP contribution in [0.25, 0.3) is 5.69 Å². The van der Waals surface area contributed by atoms with E-state index in [1.807, 2.05) is 0 Å². The van der Waals surface area contributed by atoms with Crippen molar-refractivity contribution in [2.45, 2.75) is 31.7 Å². The van der Waals surface area contributed by atoms with Gasteiger partial charge in [0.15, 0.2) is 0 Å². The number of benzene rings is 1. The molecular formula is C14H19N5O4S. The number of aryl methyl sites for hydroxylation is 1. The molecule has 10 heteroatoms. The molecule has 0 saturated heterocycles. The summed E-state index contributed by atoms with van der Waals surface area (Å²) in [4.78, 5) is 11.8. The summed E-state index contributed by atoms with van der Waals surface area (Å²) in [6.07, 6.45) is 1.42. The van der Waals surface area contributed by atoms with Gasteiger partial charge in [-0.3, -0.25) is 4.79 Å². The molecule has 2 rings (SSSR count). The Morgan fingerprint density at radius 3 is 2.54 bits per heavy atom. The first-order chi connectivity index (χ1) is 11.3. The van der Waals surface area contributed by atoms with Gasteiger partial charge in [0, 0.05) is 0 Å². The van der Waals surface area contributed by atoms with E-state index in [0.29, 0.717) is 11.3 Å². The average molecular weight is 353 g/mol. The van der Waals surface area contributed by atoms with Crippen molar-refractivity contribution >= 4 is 16.0 Å². The zero-order valence-electron chi connectivity index (χ0n) is 13.8. The molecule has 0 amide bonds. The highest BCUT2D eigenvalue weighted by Crippen LogP contribution is 2.19. The van der Waals surface area contributed by atoms with E-state index in [0.717, 1.165) is 0 Å². The van der Waals surface area contributed by atoms with Crippen LogP contribution in [0.4, 0.5) is 0 Å². The number of nitrogens with one attached hydrogen (secondary N) is 1. The second-order valence-electron chi connectivity index (χ2n) is 5.57. The third kappa shape index (κ3) is 3.77. The zero-order chi connectivity index (χ0) is 17.9. The lowest BCUT2D eigenvalue weighted by atomic mass is 10.1. The van der Waals surface area contributed by atoms with Gasteiger partial charge in [-0.15, -0.1) is 5.10 Å². The van der Waals surface area contributed by atoms with Crippen LogP contribution >= 0.6 is 0 Å². The summed E-state index contributed by atoms with van der Waals surface area (Å²) in [6.45, 7) is 5.21. The summed E-state index contributed by atoms with van der Waals surface area (Å²) in [5.41, 5.74) is 1.33. The molecule has 0 aliphatic rings. The lowest BCUT2D eigenvalue weighted by molar-refractivity contribution is -0.143. The number of hydrogen-bond acceptors (Lipinski definition) is 7. The second kappa shape index (κ2) is 7.05. The van der Waals surface area contributed by atoms with Gasteiger partial charge in [-0.25, -0.2) is 13.1 Å². The highest BCUT2D eigenvalue weighted by atomic mass is 32.2. The Kier molecular flexibility index (Phi) is 5.30. The number of esters is 1. The number of ether oxygens (including phenoxy) is 1. The first-order valence-electron chi connectivity index (χ1n) is 7.20. The van der Waals surface area contributed by atoms with E-state index in [2.05, 4.69) is 25.0 Å². The molecule has 1 atom stereocenters. The van der Waals surface area contributed by atoms with E-state index in [1.165, 1.54) is 30.3 Å². The zero-order valence-corrected chi connectivity index (χ0v) is 14.6. The molecule has 1 aromatic carbocycles. The second-order valence-corrected chi connectivity index (χ2v) is 7.28. The monoisotopic (exact) mass is 353 g/mol. The van der Waals surface area contributed by atoms with Crippen LogP contribution < -0.4 is 4.72 Å². The number of methoxy groups -OCH3 is 1. The number of hydrogen-bond donors (Lipinski definition) is 1. The van der Waals surface area contributed by atoms with Crippen LogP contribution in [0.1, 0.15) is 19.4 Å². The summed E-state index contributed by atoms with van der Waals surface area (Å²) < 4.78 is 33.6. The molecule has 2 aromatic rings. The summed E-state index contributed by atoms with van der Waals surface area (Å²) >= 11 is 0. The smallest absolute Gasteiger partial charge is 0.324 e. The van der Waals surface area contributed by atoms with Crippen LogP contribution in [-0.4, -0.2) is 47.7 Å². The maximum atomic E-state index is 12.6. The van der Waals surface area contributed by atoms with E-state index in [1.54, 1.807) is 26.8 Å². The predicted octanol–water partition coefficient (Wildman–Crippen LogP) is 0.447. The number of aromatic nitrogens is 4. The largest absolute Gasteiger partial charge is 0.468 e. The molecule has 130 valence electrons. The maximum Gasteiger partial charge on any atom is 0.324 e. The Balaban J connectivity index is 2.32. The third-order valence-electron chi connectivity index (χ3n) is 3.48. The van der Waals surface area contributed by atoms with Gasteiger partial charge in [0.1, 0.15) is 12.4 Å². The van der Waals surface area contributed by atoms with Crippen molar-refractivity contribution in [3.63, 3.8) is 0 Å². The SMILES string of the molecule is COC(=O)[C@@H](NS(=O)(=O)c1ccc(-n2cnnn2)c(C)c1)C(C)C. The van der Waals surface area contributed by atoms with Gasteiger partial charge in [-0.05, 0) is 47.0 Å². The molecule has 0 unspecified atom stereocenters. The van der Waals surface area contributed by atoms with Crippen molar-refractivity contribution in [2.24, 2.45) is 5.92 Å². The maximum absolute atomic E-state index is 12.6. The van der Waals surface area contributed by atoms with Gasteiger partial charge in [0.2, 0.25) is 10.0 Å². The molecule has 0 bridgehead atoms. The van der Waals surface area contributed by atoms with Crippen molar-refractivity contribution in [3.8, 4) is 5.69 Å². The van der Waals surface area contributed by atoms with E-state index < -0.39 is 22.0 Å². The van der Waals surface area contributed by atoms with Crippen molar-refractivity contribution in [2.75, 3.05) is 7.11 Å². The molecule has 0 aliphatic heterocycles. The van der Waals surface area contributed by atoms with Crippen molar-refractivity contribution in [1.82, 2.24) is 24.9 Å². The lowest BCUT2D eigenvalue weighted by Gasteiger charge is -2.20. The van der Waals surface area contributed by atoms with Crippen molar-refractivity contribution in [3.05, 3.63) is 30.1 Å². The molecule has 0 saturated carbocycles. The molecule has 1 N–H and O–H groups in total.